The molecule has 142 valence electrons. The minimum absolute atomic E-state index is 0.175. The Morgan fingerprint density at radius 3 is 2.67 bits per heavy atom. The predicted octanol–water partition coefficient (Wildman–Crippen LogP) is 3.20. The number of rotatable bonds is 6. The van der Waals surface area contributed by atoms with Crippen molar-refractivity contribution in [2.75, 3.05) is 20.2 Å². The van der Waals surface area contributed by atoms with Crippen molar-refractivity contribution in [3.63, 3.8) is 0 Å². The topological polar surface area (TPSA) is 66.8 Å². The number of phenols is 1. The third-order valence-electron chi connectivity index (χ3n) is 5.07. The SMILES string of the molecule is COC(=O)c1cccc(CC2CCN(C(=O)CCc3ccc(O)cc3)C2)c1. The van der Waals surface area contributed by atoms with E-state index >= 15 is 0 Å². The van der Waals surface area contributed by atoms with E-state index in [0.717, 1.165) is 37.1 Å². The van der Waals surface area contributed by atoms with Crippen molar-refractivity contribution in [3.8, 4) is 5.75 Å². The highest BCUT2D eigenvalue weighted by Crippen LogP contribution is 2.22. The molecule has 0 saturated carbocycles. The zero-order chi connectivity index (χ0) is 19.2. The van der Waals surface area contributed by atoms with E-state index in [1.807, 2.05) is 35.2 Å². The summed E-state index contributed by atoms with van der Waals surface area (Å²) in [6.07, 6.45) is 3.00. The number of benzene rings is 2. The number of hydrogen-bond donors (Lipinski definition) is 1. The van der Waals surface area contributed by atoms with Gasteiger partial charge in [0, 0.05) is 19.5 Å². The molecular weight excluding hydrogens is 342 g/mol. The second kappa shape index (κ2) is 8.71. The maximum atomic E-state index is 12.5. The van der Waals surface area contributed by atoms with Gasteiger partial charge in [0.25, 0.3) is 0 Å². The molecule has 1 saturated heterocycles. The lowest BCUT2D eigenvalue weighted by molar-refractivity contribution is -0.130. The summed E-state index contributed by atoms with van der Waals surface area (Å²) < 4.78 is 4.77. The van der Waals surface area contributed by atoms with Crippen molar-refractivity contribution in [1.82, 2.24) is 4.90 Å². The Hall–Kier alpha value is -2.82. The first-order valence-electron chi connectivity index (χ1n) is 9.28. The van der Waals surface area contributed by atoms with Crippen molar-refractivity contribution < 1.29 is 19.4 Å². The second-order valence-electron chi connectivity index (χ2n) is 7.06. The summed E-state index contributed by atoms with van der Waals surface area (Å²) >= 11 is 0. The van der Waals surface area contributed by atoms with Gasteiger partial charge < -0.3 is 14.7 Å². The molecule has 1 heterocycles. The summed E-state index contributed by atoms with van der Waals surface area (Å²) in [5.74, 6) is 0.502. The summed E-state index contributed by atoms with van der Waals surface area (Å²) in [4.78, 5) is 26.1. The molecule has 1 aliphatic rings. The van der Waals surface area contributed by atoms with Crippen LogP contribution in [0.25, 0.3) is 0 Å². The lowest BCUT2D eigenvalue weighted by Gasteiger charge is -2.17. The third-order valence-corrected chi connectivity index (χ3v) is 5.07. The molecule has 1 unspecified atom stereocenters. The smallest absolute Gasteiger partial charge is 0.337 e. The molecule has 0 spiro atoms. The Kier molecular flexibility index (Phi) is 6.12. The molecule has 0 bridgehead atoms. The van der Waals surface area contributed by atoms with E-state index in [-0.39, 0.29) is 17.6 Å². The first-order chi connectivity index (χ1) is 13.0. The Morgan fingerprint density at radius 1 is 1.15 bits per heavy atom. The number of amides is 1. The zero-order valence-corrected chi connectivity index (χ0v) is 15.6. The van der Waals surface area contributed by atoms with Gasteiger partial charge in [0.05, 0.1) is 12.7 Å². The normalized spacial score (nSPS) is 16.3. The minimum Gasteiger partial charge on any atom is -0.508 e. The van der Waals surface area contributed by atoms with Gasteiger partial charge in [-0.05, 0) is 60.6 Å². The molecule has 27 heavy (non-hydrogen) atoms. The van der Waals surface area contributed by atoms with E-state index in [4.69, 9.17) is 4.74 Å². The number of likely N-dealkylation sites (tertiary alicyclic amines) is 1. The molecule has 5 nitrogen and oxygen atoms in total. The van der Waals surface area contributed by atoms with Crippen LogP contribution in [0.5, 0.6) is 5.75 Å². The van der Waals surface area contributed by atoms with Gasteiger partial charge in [-0.1, -0.05) is 24.3 Å². The first-order valence-corrected chi connectivity index (χ1v) is 9.28. The summed E-state index contributed by atoms with van der Waals surface area (Å²) in [5, 5.41) is 9.32. The third kappa shape index (κ3) is 5.09. The van der Waals surface area contributed by atoms with Crippen LogP contribution in [-0.4, -0.2) is 42.1 Å². The van der Waals surface area contributed by atoms with Gasteiger partial charge in [0.1, 0.15) is 5.75 Å². The van der Waals surface area contributed by atoms with Crippen molar-refractivity contribution >= 4 is 11.9 Å². The van der Waals surface area contributed by atoms with E-state index < -0.39 is 0 Å². The Labute approximate surface area is 159 Å². The van der Waals surface area contributed by atoms with Crippen LogP contribution in [0.3, 0.4) is 0 Å². The molecular formula is C22H25NO4. The fourth-order valence-electron chi connectivity index (χ4n) is 3.57. The highest BCUT2D eigenvalue weighted by atomic mass is 16.5. The standard InChI is InChI=1S/C22H25NO4/c1-27-22(26)19-4-2-3-17(14-19)13-18-11-12-23(15-18)21(25)10-7-16-5-8-20(24)9-6-16/h2-6,8-9,14,18,24H,7,10-13,15H2,1H3. The molecule has 1 amide bonds. The maximum Gasteiger partial charge on any atom is 0.337 e. The highest BCUT2D eigenvalue weighted by molar-refractivity contribution is 5.89. The number of methoxy groups -OCH3 is 1. The molecule has 1 aliphatic heterocycles. The van der Waals surface area contributed by atoms with Crippen LogP contribution in [0.2, 0.25) is 0 Å². The average molecular weight is 367 g/mol. The van der Waals surface area contributed by atoms with Crippen LogP contribution in [0, 0.1) is 5.92 Å². The highest BCUT2D eigenvalue weighted by Gasteiger charge is 2.26. The van der Waals surface area contributed by atoms with Crippen LogP contribution < -0.4 is 0 Å². The lowest BCUT2D eigenvalue weighted by atomic mass is 9.97. The monoisotopic (exact) mass is 367 g/mol. The molecule has 5 heteroatoms. The van der Waals surface area contributed by atoms with Gasteiger partial charge in [0.2, 0.25) is 5.91 Å². The van der Waals surface area contributed by atoms with Crippen LogP contribution in [0.15, 0.2) is 48.5 Å². The molecule has 1 atom stereocenters. The van der Waals surface area contributed by atoms with E-state index in [9.17, 15) is 14.7 Å². The predicted molar refractivity (Wildman–Crippen MR) is 103 cm³/mol. The van der Waals surface area contributed by atoms with Gasteiger partial charge in [-0.15, -0.1) is 0 Å². The number of carbonyl (C=O) groups excluding carboxylic acids is 2. The van der Waals surface area contributed by atoms with E-state index in [1.165, 1.54) is 7.11 Å². The van der Waals surface area contributed by atoms with Gasteiger partial charge >= 0.3 is 5.97 Å². The number of hydrogen-bond acceptors (Lipinski definition) is 4. The molecule has 2 aromatic carbocycles. The van der Waals surface area contributed by atoms with Gasteiger partial charge in [-0.25, -0.2) is 4.79 Å². The fraction of sp³-hybridized carbons (Fsp3) is 0.364. The number of esters is 1. The van der Waals surface area contributed by atoms with Crippen molar-refractivity contribution in [2.24, 2.45) is 5.92 Å². The number of aromatic hydroxyl groups is 1. The van der Waals surface area contributed by atoms with Crippen LogP contribution in [0.1, 0.15) is 34.3 Å². The van der Waals surface area contributed by atoms with Gasteiger partial charge in [-0.2, -0.15) is 0 Å². The van der Waals surface area contributed by atoms with Gasteiger partial charge in [0.15, 0.2) is 0 Å². The van der Waals surface area contributed by atoms with Crippen molar-refractivity contribution in [2.45, 2.75) is 25.7 Å². The minimum atomic E-state index is -0.325. The Bertz CT molecular complexity index is 800. The molecule has 3 rings (SSSR count). The largest absolute Gasteiger partial charge is 0.508 e. The van der Waals surface area contributed by atoms with Gasteiger partial charge in [-0.3, -0.25) is 4.79 Å². The van der Waals surface area contributed by atoms with E-state index in [2.05, 4.69) is 0 Å². The van der Waals surface area contributed by atoms with E-state index in [0.29, 0.717) is 24.3 Å². The molecule has 0 aromatic heterocycles. The number of ether oxygens (including phenoxy) is 1. The molecule has 1 N–H and O–H groups in total. The molecule has 0 radical (unpaired) electrons. The summed E-state index contributed by atoms with van der Waals surface area (Å²) in [6.45, 7) is 1.55. The second-order valence-corrected chi connectivity index (χ2v) is 7.06. The number of carbonyl (C=O) groups is 2. The summed E-state index contributed by atoms with van der Waals surface area (Å²) in [7, 11) is 1.38. The first kappa shape index (κ1) is 19.0. The quantitative estimate of drug-likeness (QED) is 0.796. The Morgan fingerprint density at radius 2 is 1.93 bits per heavy atom. The number of phenolic OH excluding ortho intramolecular Hbond substituents is 1. The average Bonchev–Trinajstić information content (AvgIpc) is 3.15. The molecule has 1 fully saturated rings. The zero-order valence-electron chi connectivity index (χ0n) is 15.6. The summed E-state index contributed by atoms with van der Waals surface area (Å²) in [6, 6.07) is 14.5. The van der Waals surface area contributed by atoms with E-state index in [1.54, 1.807) is 18.2 Å². The van der Waals surface area contributed by atoms with Crippen LogP contribution >= 0.6 is 0 Å². The van der Waals surface area contributed by atoms with Crippen LogP contribution in [-0.2, 0) is 22.4 Å². The fourth-order valence-corrected chi connectivity index (χ4v) is 3.57. The van der Waals surface area contributed by atoms with Crippen molar-refractivity contribution in [1.29, 1.82) is 0 Å². The Balaban J connectivity index is 1.50. The molecule has 2 aromatic rings. The number of aryl methyl sites for hydroxylation is 1. The van der Waals surface area contributed by atoms with Crippen LogP contribution in [0.4, 0.5) is 0 Å². The number of nitrogens with zero attached hydrogens (tertiary/aromatic N) is 1. The maximum absolute atomic E-state index is 12.5. The molecule has 0 aliphatic carbocycles. The lowest BCUT2D eigenvalue weighted by Crippen LogP contribution is -2.29. The van der Waals surface area contributed by atoms with Crippen molar-refractivity contribution in [3.05, 3.63) is 65.2 Å². The summed E-state index contributed by atoms with van der Waals surface area (Å²) in [5.41, 5.74) is 2.72.